The number of carbonyl (C=O) groups excluding carboxylic acids is 1. The van der Waals surface area contributed by atoms with Gasteiger partial charge in [-0.25, -0.2) is 0 Å². The van der Waals surface area contributed by atoms with Gasteiger partial charge < -0.3 is 9.88 Å². The number of anilines is 1. The minimum Gasteiger partial charge on any atom is -0.337 e. The zero-order valence-electron chi connectivity index (χ0n) is 15.7. The second-order valence-electron chi connectivity index (χ2n) is 6.81. The fourth-order valence-corrected chi connectivity index (χ4v) is 3.27. The maximum Gasteiger partial charge on any atom is 0.245 e. The van der Waals surface area contributed by atoms with Gasteiger partial charge in [0.25, 0.3) is 0 Å². The summed E-state index contributed by atoms with van der Waals surface area (Å²) in [6, 6.07) is 16.9. The number of pyridine rings is 1. The van der Waals surface area contributed by atoms with Crippen LogP contribution >= 0.6 is 0 Å². The van der Waals surface area contributed by atoms with Crippen LogP contribution in [0.4, 0.5) is 5.82 Å². The molecule has 1 amide bonds. The molecule has 6 heteroatoms. The molecule has 6 nitrogen and oxygen atoms in total. The van der Waals surface area contributed by atoms with Crippen molar-refractivity contribution in [3.8, 4) is 11.1 Å². The summed E-state index contributed by atoms with van der Waals surface area (Å²) >= 11 is 0. The maximum atomic E-state index is 13.0. The molecule has 0 saturated carbocycles. The number of benzene rings is 2. The molecule has 2 heterocycles. The molecule has 1 N–H and O–H groups in total. The molecule has 0 saturated heterocycles. The second kappa shape index (κ2) is 7.15. The van der Waals surface area contributed by atoms with Gasteiger partial charge in [-0.1, -0.05) is 36.4 Å². The Morgan fingerprint density at radius 1 is 1.11 bits per heavy atom. The lowest BCUT2D eigenvalue weighted by molar-refractivity contribution is -0.116. The molecule has 0 atom stereocenters. The number of carbonyl (C=O) groups is 1. The Hall–Kier alpha value is -3.67. The molecule has 2 aromatic heterocycles. The van der Waals surface area contributed by atoms with E-state index >= 15 is 0 Å². The van der Waals surface area contributed by atoms with Crippen molar-refractivity contribution in [1.82, 2.24) is 14.3 Å². The number of hydrogen-bond donors (Lipinski definition) is 1. The number of aryl methyl sites for hydroxylation is 2. The molecule has 4 aromatic rings. The van der Waals surface area contributed by atoms with E-state index in [9.17, 15) is 9.59 Å². The van der Waals surface area contributed by atoms with Crippen molar-refractivity contribution >= 4 is 22.6 Å². The normalized spacial score (nSPS) is 10.9. The Morgan fingerprint density at radius 3 is 2.61 bits per heavy atom. The molecule has 0 aliphatic rings. The number of hydrogen-bond acceptors (Lipinski definition) is 3. The van der Waals surface area contributed by atoms with Gasteiger partial charge in [-0.05, 0) is 30.2 Å². The van der Waals surface area contributed by atoms with Crippen LogP contribution in [-0.2, 0) is 18.4 Å². The Bertz CT molecular complexity index is 1220. The average molecular weight is 372 g/mol. The molecule has 0 fully saturated rings. The fourth-order valence-electron chi connectivity index (χ4n) is 3.27. The molecule has 2 aromatic carbocycles. The number of amides is 1. The Labute approximate surface area is 162 Å². The van der Waals surface area contributed by atoms with E-state index in [-0.39, 0.29) is 17.9 Å². The first-order chi connectivity index (χ1) is 13.5. The molecular formula is C22H20N4O2. The molecule has 0 unspecified atom stereocenters. The van der Waals surface area contributed by atoms with Gasteiger partial charge in [0.15, 0.2) is 11.2 Å². The van der Waals surface area contributed by atoms with Crippen LogP contribution < -0.4 is 10.7 Å². The summed E-state index contributed by atoms with van der Waals surface area (Å²) in [4.78, 5) is 25.6. The number of aromatic nitrogens is 3. The van der Waals surface area contributed by atoms with Crippen molar-refractivity contribution in [2.45, 2.75) is 13.5 Å². The third-order valence-electron chi connectivity index (χ3n) is 4.62. The summed E-state index contributed by atoms with van der Waals surface area (Å²) in [6.45, 7) is 2.05. The van der Waals surface area contributed by atoms with Gasteiger partial charge in [0.1, 0.15) is 6.54 Å². The van der Waals surface area contributed by atoms with Gasteiger partial charge in [0.2, 0.25) is 5.91 Å². The molecule has 0 bridgehead atoms. The first-order valence-electron chi connectivity index (χ1n) is 9.00. The quantitative estimate of drug-likeness (QED) is 0.597. The topological polar surface area (TPSA) is 68.9 Å². The van der Waals surface area contributed by atoms with E-state index in [2.05, 4.69) is 10.4 Å². The van der Waals surface area contributed by atoms with Gasteiger partial charge >= 0.3 is 0 Å². The van der Waals surface area contributed by atoms with Crippen molar-refractivity contribution in [2.75, 3.05) is 5.32 Å². The molecule has 0 aliphatic heterocycles. The maximum absolute atomic E-state index is 13.0. The van der Waals surface area contributed by atoms with Crippen LogP contribution in [-0.4, -0.2) is 20.3 Å². The standard InChI is InChI=1S/C22H20N4O2/c1-15-8-9-17-19(12-15)26(14-21(27)23-20-10-11-25(2)24-20)13-18(22(17)28)16-6-4-3-5-7-16/h3-13H,14H2,1-2H3,(H,23,24,27). The lowest BCUT2D eigenvalue weighted by atomic mass is 10.0. The highest BCUT2D eigenvalue weighted by Crippen LogP contribution is 2.21. The Morgan fingerprint density at radius 2 is 1.89 bits per heavy atom. The van der Waals surface area contributed by atoms with Crippen molar-refractivity contribution < 1.29 is 4.79 Å². The summed E-state index contributed by atoms with van der Waals surface area (Å²) in [5.74, 6) is 0.293. The Balaban J connectivity index is 1.79. The van der Waals surface area contributed by atoms with Crippen LogP contribution in [0, 0.1) is 6.92 Å². The predicted octanol–water partition coefficient (Wildman–Crippen LogP) is 3.35. The van der Waals surface area contributed by atoms with Crippen molar-refractivity contribution in [2.24, 2.45) is 7.05 Å². The highest BCUT2D eigenvalue weighted by molar-refractivity contribution is 5.91. The summed E-state index contributed by atoms with van der Waals surface area (Å²) in [5.41, 5.74) is 3.12. The van der Waals surface area contributed by atoms with E-state index < -0.39 is 0 Å². The van der Waals surface area contributed by atoms with Crippen LogP contribution in [0.2, 0.25) is 0 Å². The number of rotatable bonds is 4. The predicted molar refractivity (Wildman–Crippen MR) is 110 cm³/mol. The van der Waals surface area contributed by atoms with E-state index in [1.165, 1.54) is 0 Å². The number of fused-ring (bicyclic) bond motifs is 1. The molecule has 0 spiro atoms. The van der Waals surface area contributed by atoms with E-state index in [0.717, 1.165) is 16.6 Å². The second-order valence-corrected chi connectivity index (χ2v) is 6.81. The zero-order chi connectivity index (χ0) is 19.7. The highest BCUT2D eigenvalue weighted by Gasteiger charge is 2.13. The third kappa shape index (κ3) is 3.44. The van der Waals surface area contributed by atoms with E-state index in [0.29, 0.717) is 16.8 Å². The van der Waals surface area contributed by atoms with Gasteiger partial charge in [0, 0.05) is 36.5 Å². The summed E-state index contributed by atoms with van der Waals surface area (Å²) in [6.07, 6.45) is 3.53. The van der Waals surface area contributed by atoms with E-state index in [1.54, 1.807) is 30.2 Å². The largest absolute Gasteiger partial charge is 0.337 e. The molecule has 28 heavy (non-hydrogen) atoms. The summed E-state index contributed by atoms with van der Waals surface area (Å²) < 4.78 is 3.45. The molecule has 0 aliphatic carbocycles. The highest BCUT2D eigenvalue weighted by atomic mass is 16.2. The van der Waals surface area contributed by atoms with Crippen molar-refractivity contribution in [3.63, 3.8) is 0 Å². The van der Waals surface area contributed by atoms with Gasteiger partial charge in [0.05, 0.1) is 5.52 Å². The van der Waals surface area contributed by atoms with Gasteiger partial charge in [-0.3, -0.25) is 14.3 Å². The fraction of sp³-hybridized carbons (Fsp3) is 0.136. The minimum absolute atomic E-state index is 0.0393. The molecule has 4 rings (SSSR count). The van der Waals surface area contributed by atoms with Crippen LogP contribution in [0.5, 0.6) is 0 Å². The smallest absolute Gasteiger partial charge is 0.245 e. The monoisotopic (exact) mass is 372 g/mol. The molecule has 140 valence electrons. The summed E-state index contributed by atoms with van der Waals surface area (Å²) in [7, 11) is 1.79. The third-order valence-corrected chi connectivity index (χ3v) is 4.62. The van der Waals surface area contributed by atoms with Crippen LogP contribution in [0.25, 0.3) is 22.0 Å². The van der Waals surface area contributed by atoms with Gasteiger partial charge in [-0.2, -0.15) is 5.10 Å². The molecule has 0 radical (unpaired) electrons. The van der Waals surface area contributed by atoms with Crippen molar-refractivity contribution in [1.29, 1.82) is 0 Å². The molecular weight excluding hydrogens is 352 g/mol. The first-order valence-corrected chi connectivity index (χ1v) is 9.00. The number of nitrogens with zero attached hydrogens (tertiary/aromatic N) is 3. The van der Waals surface area contributed by atoms with Crippen LogP contribution in [0.15, 0.2) is 71.8 Å². The summed E-state index contributed by atoms with van der Waals surface area (Å²) in [5, 5.41) is 7.56. The first kappa shape index (κ1) is 17.7. The average Bonchev–Trinajstić information content (AvgIpc) is 3.09. The zero-order valence-corrected chi connectivity index (χ0v) is 15.7. The van der Waals surface area contributed by atoms with Crippen LogP contribution in [0.1, 0.15) is 5.56 Å². The minimum atomic E-state index is -0.204. The van der Waals surface area contributed by atoms with Crippen molar-refractivity contribution in [3.05, 3.63) is 82.8 Å². The van der Waals surface area contributed by atoms with E-state index in [4.69, 9.17) is 0 Å². The van der Waals surface area contributed by atoms with Crippen LogP contribution in [0.3, 0.4) is 0 Å². The lowest BCUT2D eigenvalue weighted by Crippen LogP contribution is -2.21. The lowest BCUT2D eigenvalue weighted by Gasteiger charge is -2.14. The Kier molecular flexibility index (Phi) is 4.53. The van der Waals surface area contributed by atoms with Gasteiger partial charge in [-0.15, -0.1) is 0 Å². The number of nitrogens with one attached hydrogen (secondary N) is 1. The van der Waals surface area contributed by atoms with E-state index in [1.807, 2.05) is 60.0 Å². The SMILES string of the molecule is Cc1ccc2c(=O)c(-c3ccccc3)cn(CC(=O)Nc3ccn(C)n3)c2c1.